The molecular formula is C16H13N3S. The van der Waals surface area contributed by atoms with Gasteiger partial charge >= 0.3 is 0 Å². The number of aromatic nitrogens is 1. The van der Waals surface area contributed by atoms with E-state index in [1.807, 2.05) is 29.8 Å². The topological polar surface area (TPSA) is 39.9 Å². The minimum Gasteiger partial charge on any atom is -0.362 e. The Morgan fingerprint density at radius 3 is 3.10 bits per heavy atom. The van der Waals surface area contributed by atoms with Gasteiger partial charge < -0.3 is 4.90 Å². The van der Waals surface area contributed by atoms with Crippen LogP contribution in [0.1, 0.15) is 11.1 Å². The zero-order valence-corrected chi connectivity index (χ0v) is 12.0. The Morgan fingerprint density at radius 2 is 2.35 bits per heavy atom. The van der Waals surface area contributed by atoms with Crippen LogP contribution in [0.5, 0.6) is 0 Å². The molecule has 0 spiro atoms. The third-order valence-corrected chi connectivity index (χ3v) is 4.61. The summed E-state index contributed by atoms with van der Waals surface area (Å²) in [6, 6.07) is 6.39. The van der Waals surface area contributed by atoms with E-state index in [-0.39, 0.29) is 0 Å². The van der Waals surface area contributed by atoms with Gasteiger partial charge in [-0.15, -0.1) is 18.2 Å². The van der Waals surface area contributed by atoms with Gasteiger partial charge in [0.2, 0.25) is 0 Å². The molecule has 1 aliphatic rings. The molecule has 0 aliphatic carbocycles. The first-order valence-electron chi connectivity index (χ1n) is 6.38. The monoisotopic (exact) mass is 279 g/mol. The van der Waals surface area contributed by atoms with Crippen LogP contribution >= 0.6 is 11.8 Å². The number of benzene rings is 1. The summed E-state index contributed by atoms with van der Waals surface area (Å²) in [5.41, 5.74) is 3.73. The number of anilines is 1. The average Bonchev–Trinajstić information content (AvgIpc) is 2.94. The SMILES string of the molecule is C#CCN(C)c1c(C#N)cnc2ccc3c(c12)CCS3. The highest BCUT2D eigenvalue weighted by Gasteiger charge is 2.21. The summed E-state index contributed by atoms with van der Waals surface area (Å²) in [5.74, 6) is 3.73. The van der Waals surface area contributed by atoms with Crippen molar-refractivity contribution in [3.63, 3.8) is 0 Å². The maximum atomic E-state index is 9.37. The number of aryl methyl sites for hydroxylation is 1. The maximum Gasteiger partial charge on any atom is 0.103 e. The van der Waals surface area contributed by atoms with Crippen molar-refractivity contribution in [3.05, 3.63) is 29.5 Å². The highest BCUT2D eigenvalue weighted by atomic mass is 32.2. The van der Waals surface area contributed by atoms with E-state index in [0.717, 1.165) is 28.8 Å². The summed E-state index contributed by atoms with van der Waals surface area (Å²) in [7, 11) is 1.93. The number of fused-ring (bicyclic) bond motifs is 3. The Labute approximate surface area is 122 Å². The molecule has 0 saturated heterocycles. The summed E-state index contributed by atoms with van der Waals surface area (Å²) in [5, 5.41) is 10.5. The predicted octanol–water partition coefficient (Wildman–Crippen LogP) is 2.82. The largest absolute Gasteiger partial charge is 0.362 e. The molecule has 0 atom stereocenters. The van der Waals surface area contributed by atoms with Crippen LogP contribution in [0.4, 0.5) is 5.69 Å². The van der Waals surface area contributed by atoms with E-state index < -0.39 is 0 Å². The summed E-state index contributed by atoms with van der Waals surface area (Å²) < 4.78 is 0. The molecular weight excluding hydrogens is 266 g/mol. The molecule has 0 amide bonds. The lowest BCUT2D eigenvalue weighted by atomic mass is 10.0. The van der Waals surface area contributed by atoms with E-state index in [9.17, 15) is 5.26 Å². The molecule has 2 heterocycles. The van der Waals surface area contributed by atoms with Gasteiger partial charge in [-0.3, -0.25) is 4.98 Å². The van der Waals surface area contributed by atoms with Crippen LogP contribution in [-0.4, -0.2) is 24.3 Å². The first-order chi connectivity index (χ1) is 9.76. The van der Waals surface area contributed by atoms with Crippen molar-refractivity contribution in [2.75, 3.05) is 24.2 Å². The van der Waals surface area contributed by atoms with E-state index in [2.05, 4.69) is 23.0 Å². The molecule has 0 N–H and O–H groups in total. The zero-order valence-electron chi connectivity index (χ0n) is 11.2. The quantitative estimate of drug-likeness (QED) is 0.793. The average molecular weight is 279 g/mol. The summed E-state index contributed by atoms with van der Waals surface area (Å²) in [6.45, 7) is 0.477. The number of pyridine rings is 1. The fraction of sp³-hybridized carbons (Fsp3) is 0.250. The first-order valence-corrected chi connectivity index (χ1v) is 7.37. The summed E-state index contributed by atoms with van der Waals surface area (Å²) in [6.07, 6.45) is 8.08. The highest BCUT2D eigenvalue weighted by molar-refractivity contribution is 7.99. The van der Waals surface area contributed by atoms with Gasteiger partial charge in [0.25, 0.3) is 0 Å². The number of hydrogen-bond acceptors (Lipinski definition) is 4. The van der Waals surface area contributed by atoms with Crippen molar-refractivity contribution in [1.29, 1.82) is 5.26 Å². The Bertz CT molecular complexity index is 768. The molecule has 1 aromatic carbocycles. The van der Waals surface area contributed by atoms with Crippen molar-refractivity contribution < 1.29 is 0 Å². The van der Waals surface area contributed by atoms with Crippen LogP contribution in [0, 0.1) is 23.7 Å². The molecule has 2 aromatic rings. The molecule has 98 valence electrons. The molecule has 1 aliphatic heterocycles. The van der Waals surface area contributed by atoms with Gasteiger partial charge in [0.05, 0.1) is 23.3 Å². The number of hydrogen-bond donors (Lipinski definition) is 0. The minimum absolute atomic E-state index is 0.477. The molecule has 3 nitrogen and oxygen atoms in total. The van der Waals surface area contributed by atoms with Crippen LogP contribution < -0.4 is 4.90 Å². The van der Waals surface area contributed by atoms with E-state index >= 15 is 0 Å². The summed E-state index contributed by atoms with van der Waals surface area (Å²) in [4.78, 5) is 7.68. The van der Waals surface area contributed by atoms with Gasteiger partial charge in [0.15, 0.2) is 0 Å². The fourth-order valence-electron chi connectivity index (χ4n) is 2.66. The highest BCUT2D eigenvalue weighted by Crippen LogP contribution is 2.40. The second kappa shape index (κ2) is 5.07. The fourth-order valence-corrected chi connectivity index (χ4v) is 3.73. The van der Waals surface area contributed by atoms with E-state index in [0.29, 0.717) is 12.1 Å². The molecule has 0 radical (unpaired) electrons. The zero-order chi connectivity index (χ0) is 14.1. The minimum atomic E-state index is 0.477. The molecule has 0 fully saturated rings. The van der Waals surface area contributed by atoms with Gasteiger partial charge in [-0.2, -0.15) is 5.26 Å². The molecule has 0 saturated carbocycles. The molecule has 1 aromatic heterocycles. The molecule has 3 rings (SSSR count). The lowest BCUT2D eigenvalue weighted by molar-refractivity contribution is 1.04. The normalized spacial score (nSPS) is 12.8. The standard InChI is InChI=1S/C16H13N3S/c1-3-7-19(2)16-11(9-17)10-18-13-4-5-14-12(15(13)16)6-8-20-14/h1,4-5,10H,6-8H2,2H3. The smallest absolute Gasteiger partial charge is 0.103 e. The number of nitrogens with zero attached hydrogens (tertiary/aromatic N) is 3. The van der Waals surface area contributed by atoms with E-state index in [4.69, 9.17) is 6.42 Å². The Hall–Kier alpha value is -2.17. The van der Waals surface area contributed by atoms with Gasteiger partial charge in [-0.25, -0.2) is 0 Å². The second-order valence-electron chi connectivity index (χ2n) is 4.73. The van der Waals surface area contributed by atoms with E-state index in [1.165, 1.54) is 10.5 Å². The number of thioether (sulfide) groups is 1. The van der Waals surface area contributed by atoms with Crippen LogP contribution in [0.25, 0.3) is 10.9 Å². The molecule has 4 heteroatoms. The van der Waals surface area contributed by atoms with Crippen LogP contribution in [0.15, 0.2) is 23.2 Å². The third-order valence-electron chi connectivity index (χ3n) is 3.51. The van der Waals surface area contributed by atoms with E-state index in [1.54, 1.807) is 6.20 Å². The number of terminal acetylenes is 1. The van der Waals surface area contributed by atoms with Gasteiger partial charge in [0, 0.05) is 29.3 Å². The van der Waals surface area contributed by atoms with Crippen molar-refractivity contribution in [1.82, 2.24) is 4.98 Å². The third kappa shape index (κ3) is 1.90. The van der Waals surface area contributed by atoms with Gasteiger partial charge in [-0.05, 0) is 24.1 Å². The van der Waals surface area contributed by atoms with Crippen molar-refractivity contribution in [3.8, 4) is 18.4 Å². The van der Waals surface area contributed by atoms with Gasteiger partial charge in [0.1, 0.15) is 6.07 Å². The summed E-state index contributed by atoms with van der Waals surface area (Å²) >= 11 is 1.86. The lowest BCUT2D eigenvalue weighted by Gasteiger charge is -2.21. The van der Waals surface area contributed by atoms with Crippen LogP contribution in [-0.2, 0) is 6.42 Å². The molecule has 20 heavy (non-hydrogen) atoms. The Kier molecular flexibility index (Phi) is 3.26. The lowest BCUT2D eigenvalue weighted by Crippen LogP contribution is -2.19. The predicted molar refractivity (Wildman–Crippen MR) is 83.0 cm³/mol. The maximum absolute atomic E-state index is 9.37. The van der Waals surface area contributed by atoms with Crippen molar-refractivity contribution in [2.45, 2.75) is 11.3 Å². The number of nitriles is 1. The van der Waals surface area contributed by atoms with Crippen molar-refractivity contribution >= 4 is 28.4 Å². The van der Waals surface area contributed by atoms with Crippen LogP contribution in [0.3, 0.4) is 0 Å². The first kappa shape index (κ1) is 12.8. The van der Waals surface area contributed by atoms with Crippen LogP contribution in [0.2, 0.25) is 0 Å². The Balaban J connectivity index is 2.37. The number of rotatable bonds is 2. The molecule has 0 bridgehead atoms. The van der Waals surface area contributed by atoms with Crippen molar-refractivity contribution in [2.24, 2.45) is 0 Å². The molecule has 0 unspecified atom stereocenters. The van der Waals surface area contributed by atoms with Gasteiger partial charge in [-0.1, -0.05) is 5.92 Å². The second-order valence-corrected chi connectivity index (χ2v) is 5.86. The Morgan fingerprint density at radius 1 is 1.50 bits per heavy atom.